The van der Waals surface area contributed by atoms with Gasteiger partial charge in [0.15, 0.2) is 5.78 Å². The van der Waals surface area contributed by atoms with Gasteiger partial charge in [-0.25, -0.2) is 4.79 Å². The smallest absolute Gasteiger partial charge is 0.343 e. The number of benzene rings is 2. The Labute approximate surface area is 164 Å². The number of carbonyl (C=O) groups is 1. The van der Waals surface area contributed by atoms with E-state index >= 15 is 0 Å². The van der Waals surface area contributed by atoms with Gasteiger partial charge in [-0.3, -0.25) is 4.79 Å². The van der Waals surface area contributed by atoms with E-state index in [0.717, 1.165) is 18.5 Å². The van der Waals surface area contributed by atoms with Gasteiger partial charge in [-0.15, -0.1) is 0 Å². The van der Waals surface area contributed by atoms with Gasteiger partial charge in [0, 0.05) is 22.9 Å². The molecule has 1 unspecified atom stereocenters. The lowest BCUT2D eigenvalue weighted by Crippen LogP contribution is -2.14. The Kier molecular flexibility index (Phi) is 6.07. The number of aliphatic hydroxyl groups is 1. The molecule has 1 aromatic heterocycles. The second kappa shape index (κ2) is 8.50. The Balaban J connectivity index is 2.08. The number of hydrogen-bond donors (Lipinski definition) is 1. The van der Waals surface area contributed by atoms with E-state index < -0.39 is 11.7 Å². The van der Waals surface area contributed by atoms with Crippen molar-refractivity contribution >= 4 is 16.6 Å². The Morgan fingerprint density at radius 3 is 2.50 bits per heavy atom. The molecule has 5 nitrogen and oxygen atoms in total. The molecule has 0 aliphatic heterocycles. The van der Waals surface area contributed by atoms with Crippen molar-refractivity contribution in [2.45, 2.75) is 25.9 Å². The van der Waals surface area contributed by atoms with Crippen LogP contribution in [0.5, 0.6) is 0 Å². The zero-order valence-corrected chi connectivity index (χ0v) is 16.4. The fourth-order valence-electron chi connectivity index (χ4n) is 3.36. The zero-order chi connectivity index (χ0) is 20.3. The van der Waals surface area contributed by atoms with Gasteiger partial charge in [0.2, 0.25) is 0 Å². The molecule has 3 aromatic rings. The molecule has 1 atom stereocenters. The molecule has 0 saturated heterocycles. The van der Waals surface area contributed by atoms with E-state index in [1.807, 2.05) is 44.4 Å². The molecule has 3 rings (SSSR count). The molecule has 0 bridgehead atoms. The highest BCUT2D eigenvalue weighted by Gasteiger charge is 2.19. The molecule has 0 aliphatic carbocycles. The van der Waals surface area contributed by atoms with Crippen molar-refractivity contribution in [1.82, 2.24) is 4.90 Å². The molecular formula is C23H25NO4. The van der Waals surface area contributed by atoms with Gasteiger partial charge in [0.05, 0.1) is 5.39 Å². The highest BCUT2D eigenvalue weighted by Crippen LogP contribution is 2.34. The first-order chi connectivity index (χ1) is 13.4. The maximum Gasteiger partial charge on any atom is 0.343 e. The number of hydrogen-bond acceptors (Lipinski definition) is 5. The lowest BCUT2D eigenvalue weighted by molar-refractivity contribution is 0.0977. The molecule has 0 radical (unpaired) electrons. The fraction of sp³-hybridized carbons (Fsp3) is 0.304. The summed E-state index contributed by atoms with van der Waals surface area (Å²) in [6.07, 6.45) is 0.306. The van der Waals surface area contributed by atoms with Crippen molar-refractivity contribution in [3.05, 3.63) is 70.3 Å². The SMILES string of the molecule is CC(O)c1oc(=O)c2ccccc2c1-c1cccc(C(=O)CCCN(C)C)c1. The minimum Gasteiger partial charge on any atom is -0.424 e. The first-order valence-electron chi connectivity index (χ1n) is 9.40. The minimum atomic E-state index is -0.952. The van der Waals surface area contributed by atoms with E-state index in [1.54, 1.807) is 25.1 Å². The van der Waals surface area contributed by atoms with E-state index in [-0.39, 0.29) is 11.5 Å². The van der Waals surface area contributed by atoms with Crippen molar-refractivity contribution in [3.63, 3.8) is 0 Å². The molecule has 0 saturated carbocycles. The summed E-state index contributed by atoms with van der Waals surface area (Å²) in [5, 5.41) is 11.3. The van der Waals surface area contributed by atoms with Crippen LogP contribution >= 0.6 is 0 Å². The Hall–Kier alpha value is -2.76. The summed E-state index contributed by atoms with van der Waals surface area (Å²) in [5.41, 5.74) is 1.52. The molecule has 1 heterocycles. The lowest BCUT2D eigenvalue weighted by atomic mass is 9.94. The van der Waals surface area contributed by atoms with Gasteiger partial charge in [0.25, 0.3) is 0 Å². The first-order valence-corrected chi connectivity index (χ1v) is 9.40. The van der Waals surface area contributed by atoms with Crippen molar-refractivity contribution in [2.75, 3.05) is 20.6 Å². The van der Waals surface area contributed by atoms with Crippen LogP contribution in [0.1, 0.15) is 42.0 Å². The molecule has 28 heavy (non-hydrogen) atoms. The van der Waals surface area contributed by atoms with Gasteiger partial charge < -0.3 is 14.4 Å². The summed E-state index contributed by atoms with van der Waals surface area (Å²) < 4.78 is 5.43. The zero-order valence-electron chi connectivity index (χ0n) is 16.4. The molecule has 0 fully saturated rings. The molecule has 0 amide bonds. The first kappa shape index (κ1) is 20.0. The standard InChI is InChI=1S/C23H25NO4/c1-15(25)22-21(18-10-4-5-11-19(18)23(27)28-22)17-9-6-8-16(14-17)20(26)12-7-13-24(2)3/h4-6,8-11,14-15,25H,7,12-13H2,1-3H3. The largest absolute Gasteiger partial charge is 0.424 e. The maximum absolute atomic E-state index is 12.6. The molecule has 5 heteroatoms. The average Bonchev–Trinajstić information content (AvgIpc) is 2.67. The number of nitrogens with zero attached hydrogens (tertiary/aromatic N) is 1. The molecular weight excluding hydrogens is 354 g/mol. The summed E-state index contributed by atoms with van der Waals surface area (Å²) in [4.78, 5) is 27.0. The predicted molar refractivity (Wildman–Crippen MR) is 111 cm³/mol. The third-order valence-electron chi connectivity index (χ3n) is 4.73. The van der Waals surface area contributed by atoms with Crippen LogP contribution in [-0.4, -0.2) is 36.4 Å². The molecule has 1 N–H and O–H groups in total. The van der Waals surface area contributed by atoms with Crippen LogP contribution in [0, 0.1) is 0 Å². The molecule has 0 aliphatic rings. The van der Waals surface area contributed by atoms with Crippen molar-refractivity contribution < 1.29 is 14.3 Å². The van der Waals surface area contributed by atoms with Gasteiger partial charge in [0.1, 0.15) is 11.9 Å². The summed E-state index contributed by atoms with van der Waals surface area (Å²) in [7, 11) is 3.97. The average molecular weight is 379 g/mol. The number of carbonyl (C=O) groups excluding carboxylic acids is 1. The number of Topliss-reactive ketones (excluding diaryl/α,β-unsaturated/α-hetero) is 1. The molecule has 146 valence electrons. The van der Waals surface area contributed by atoms with Crippen LogP contribution in [0.15, 0.2) is 57.7 Å². The highest BCUT2D eigenvalue weighted by molar-refractivity contribution is 6.00. The van der Waals surface area contributed by atoms with Crippen molar-refractivity contribution in [3.8, 4) is 11.1 Å². The van der Waals surface area contributed by atoms with Crippen LogP contribution < -0.4 is 5.63 Å². The van der Waals surface area contributed by atoms with E-state index in [4.69, 9.17) is 4.42 Å². The predicted octanol–water partition coefficient (Wildman–Crippen LogP) is 4.04. The maximum atomic E-state index is 12.6. The summed E-state index contributed by atoms with van der Waals surface area (Å²) in [6.45, 7) is 2.42. The van der Waals surface area contributed by atoms with Gasteiger partial charge in [-0.2, -0.15) is 0 Å². The summed E-state index contributed by atoms with van der Waals surface area (Å²) in [6, 6.07) is 14.4. The fourth-order valence-corrected chi connectivity index (χ4v) is 3.36. The lowest BCUT2D eigenvalue weighted by Gasteiger charge is -2.14. The Morgan fingerprint density at radius 2 is 1.82 bits per heavy atom. The van der Waals surface area contributed by atoms with Crippen molar-refractivity contribution in [2.24, 2.45) is 0 Å². The van der Waals surface area contributed by atoms with Gasteiger partial charge in [-0.05, 0) is 51.7 Å². The second-order valence-electron chi connectivity index (χ2n) is 7.26. The molecule has 2 aromatic carbocycles. The number of ketones is 1. The Morgan fingerprint density at radius 1 is 1.11 bits per heavy atom. The minimum absolute atomic E-state index is 0.0731. The second-order valence-corrected chi connectivity index (χ2v) is 7.26. The van der Waals surface area contributed by atoms with E-state index in [9.17, 15) is 14.7 Å². The molecule has 0 spiro atoms. The third-order valence-corrected chi connectivity index (χ3v) is 4.73. The number of rotatable bonds is 7. The van der Waals surface area contributed by atoms with E-state index in [1.165, 1.54) is 0 Å². The van der Waals surface area contributed by atoms with E-state index in [2.05, 4.69) is 4.90 Å². The quantitative estimate of drug-likeness (QED) is 0.628. The van der Waals surface area contributed by atoms with E-state index in [0.29, 0.717) is 28.3 Å². The Bertz CT molecular complexity index is 1050. The van der Waals surface area contributed by atoms with Crippen molar-refractivity contribution in [1.29, 1.82) is 0 Å². The van der Waals surface area contributed by atoms with Crippen LogP contribution in [0.4, 0.5) is 0 Å². The van der Waals surface area contributed by atoms with Gasteiger partial charge >= 0.3 is 5.63 Å². The summed E-state index contributed by atoms with van der Waals surface area (Å²) in [5.74, 6) is 0.282. The topological polar surface area (TPSA) is 70.8 Å². The van der Waals surface area contributed by atoms with Crippen LogP contribution in [-0.2, 0) is 0 Å². The number of fused-ring (bicyclic) bond motifs is 1. The normalized spacial score (nSPS) is 12.5. The highest BCUT2D eigenvalue weighted by atomic mass is 16.4. The number of aliphatic hydroxyl groups excluding tert-OH is 1. The van der Waals surface area contributed by atoms with Crippen LogP contribution in [0.25, 0.3) is 21.9 Å². The monoisotopic (exact) mass is 379 g/mol. The van der Waals surface area contributed by atoms with Crippen LogP contribution in [0.3, 0.4) is 0 Å². The van der Waals surface area contributed by atoms with Crippen LogP contribution in [0.2, 0.25) is 0 Å². The summed E-state index contributed by atoms with van der Waals surface area (Å²) >= 11 is 0. The third kappa shape index (κ3) is 4.21. The van der Waals surface area contributed by atoms with Gasteiger partial charge in [-0.1, -0.05) is 36.4 Å².